The van der Waals surface area contributed by atoms with Crippen LogP contribution in [0.1, 0.15) is 131 Å². The molecule has 19 aromatic rings. The molecule has 19 rings (SSSR count). The second-order valence-corrected chi connectivity index (χ2v) is 38.2. The zero-order valence-corrected chi connectivity index (χ0v) is 76.0. The normalized spacial score (nSPS) is 12.0. The molecular formula is C107H80N10O10S5. The van der Waals surface area contributed by atoms with Gasteiger partial charge in [-0.05, 0) is 143 Å². The third-order valence-electron chi connectivity index (χ3n) is 23.0. The van der Waals surface area contributed by atoms with Crippen molar-refractivity contribution in [3.8, 4) is 86.0 Å². The van der Waals surface area contributed by atoms with Crippen molar-refractivity contribution in [2.45, 2.75) is 91.4 Å². The quantitative estimate of drug-likeness (QED) is 0.0473. The molecule has 20 nitrogen and oxygen atoms in total. The second kappa shape index (κ2) is 39.9. The second-order valence-electron chi connectivity index (χ2n) is 32.7. The molecule has 648 valence electrons. The average molecular weight is 1830 g/mol. The fourth-order valence-corrected chi connectivity index (χ4v) is 22.2. The van der Waals surface area contributed by atoms with Gasteiger partial charge in [0.15, 0.2) is 0 Å². The molecule has 0 spiro atoms. The molecule has 25 heteroatoms. The molecule has 0 aliphatic carbocycles. The van der Waals surface area contributed by atoms with Gasteiger partial charge in [0.05, 0.1) is 98.2 Å². The van der Waals surface area contributed by atoms with E-state index in [0.29, 0.717) is 40.7 Å². The summed E-state index contributed by atoms with van der Waals surface area (Å²) in [6.45, 7) is 11.0. The van der Waals surface area contributed by atoms with E-state index < -0.39 is 41.2 Å². The van der Waals surface area contributed by atoms with E-state index >= 15 is 0 Å². The van der Waals surface area contributed by atoms with Gasteiger partial charge in [-0.25, -0.2) is 0 Å². The maximum absolute atomic E-state index is 11.5. The van der Waals surface area contributed by atoms with Gasteiger partial charge in [-0.1, -0.05) is 161 Å². The molecule has 0 saturated carbocycles. The molecule has 132 heavy (non-hydrogen) atoms. The molecular weight excluding hydrogens is 1750 g/mol. The van der Waals surface area contributed by atoms with Gasteiger partial charge in [0, 0.05) is 195 Å². The first-order valence-electron chi connectivity index (χ1n) is 41.9. The number of benzene rings is 9. The Balaban J connectivity index is 0.000000126. The summed E-state index contributed by atoms with van der Waals surface area (Å²) in [7, 11) is 0. The summed E-state index contributed by atoms with van der Waals surface area (Å²) in [6.07, 6.45) is 19.6. The van der Waals surface area contributed by atoms with Gasteiger partial charge in [0.2, 0.25) is 0 Å². The fourth-order valence-electron chi connectivity index (χ4n) is 16.1. The highest BCUT2D eigenvalue weighted by Crippen LogP contribution is 2.46. The third kappa shape index (κ3) is 19.7. The molecule has 10 aromatic heterocycles. The van der Waals surface area contributed by atoms with E-state index in [1.165, 1.54) is 0 Å². The lowest BCUT2D eigenvalue weighted by Gasteiger charge is -2.17. The minimum absolute atomic E-state index is 0.0290. The minimum atomic E-state index is -0.824. The number of nitrogens with zero attached hydrogens (tertiary/aromatic N) is 10. The lowest BCUT2D eigenvalue weighted by Crippen LogP contribution is -2.25. The Kier molecular flexibility index (Phi) is 27.6. The largest absolute Gasteiger partial charge is 0.481 e. The van der Waals surface area contributed by atoms with Crippen molar-refractivity contribution < 1.29 is 49.5 Å². The first-order valence-corrected chi connectivity index (χ1v) is 46.0. The number of thiophene rings is 5. The Morgan fingerprint density at radius 1 is 0.333 bits per heavy atom. The smallest absolute Gasteiger partial charge is 0.309 e. The van der Waals surface area contributed by atoms with Crippen molar-refractivity contribution >= 4 is 180 Å². The Morgan fingerprint density at radius 3 is 1.06 bits per heavy atom. The lowest BCUT2D eigenvalue weighted by molar-refractivity contribution is -0.147. The number of carboxylic acids is 5. The summed E-state index contributed by atoms with van der Waals surface area (Å²) in [5.41, 5.74) is 12.5. The number of aromatic nitrogens is 5. The molecule has 0 aliphatic rings. The summed E-state index contributed by atoms with van der Waals surface area (Å²) in [5.74, 6) is -4.53. The monoisotopic (exact) mass is 1820 g/mol. The van der Waals surface area contributed by atoms with Gasteiger partial charge in [0.25, 0.3) is 0 Å². The van der Waals surface area contributed by atoms with E-state index in [0.717, 1.165) is 174 Å². The summed E-state index contributed by atoms with van der Waals surface area (Å²) in [5, 5.41) is 105. The standard InChI is InChI=1S/C23H18N2O2S.3C22H16N2O2S.C18H14N2O2S/c1-23(2,22(26)27)10-15-9-19-20(12-25-13-21(19)28-15)18-8-7-14(11-24)16-5-3-4-6-17(16)18;1-13(22(25)26)8-16-9-15-11-24-12-20(21(15)27-16)19-7-6-14(10-23)17-4-2-3-5-18(17)19;1-13(8-21(25)26)20-9-15-11-24-12-19(22(15)27-20)18-7-6-14(10-23)16-4-2-3-5-17(16)18;1-13(8-22(25)26)20-9-18-19(11-24-12-21(18)27-20)17-7-6-14(10-23)15-4-2-3-5-16(15)17;1-11(6-17(21)22)16-7-14-9-20-10-15(18(14)23-16)13-4-2-12(8-19)3-5-13/h3-9,12-13H,10H2,1-2H3,(H,26,27);3*2-7,9,11-13H,8H2,1H3,(H,25,26);2-5,7,9-11H,6H2,1H3,(H,21,22). The topological polar surface area (TPSA) is 370 Å². The Hall–Kier alpha value is -15.6. The molecule has 0 fully saturated rings. The number of hydrogen-bond donors (Lipinski definition) is 5. The molecule has 0 radical (unpaired) electrons. The van der Waals surface area contributed by atoms with Gasteiger partial charge >= 0.3 is 29.8 Å². The molecule has 10 heterocycles. The number of aliphatic carboxylic acids is 5. The maximum Gasteiger partial charge on any atom is 0.309 e. The molecule has 4 unspecified atom stereocenters. The molecule has 9 aromatic carbocycles. The predicted molar refractivity (Wildman–Crippen MR) is 527 cm³/mol. The van der Waals surface area contributed by atoms with Crippen molar-refractivity contribution in [3.05, 3.63) is 314 Å². The summed E-state index contributed by atoms with van der Waals surface area (Å²) < 4.78 is 5.34. The summed E-state index contributed by atoms with van der Waals surface area (Å²) in [4.78, 5) is 82.8. The lowest BCUT2D eigenvalue weighted by atomic mass is 9.88. The van der Waals surface area contributed by atoms with Crippen LogP contribution in [0.25, 0.3) is 149 Å². The van der Waals surface area contributed by atoms with Gasteiger partial charge < -0.3 is 25.5 Å². The van der Waals surface area contributed by atoms with Gasteiger partial charge in [0.1, 0.15) is 0 Å². The Morgan fingerprint density at radius 2 is 0.674 bits per heavy atom. The third-order valence-corrected chi connectivity index (χ3v) is 29.4. The molecule has 0 aliphatic heterocycles. The van der Waals surface area contributed by atoms with Gasteiger partial charge in [-0.3, -0.25) is 48.9 Å². The van der Waals surface area contributed by atoms with E-state index in [2.05, 4.69) is 67.4 Å². The van der Waals surface area contributed by atoms with Crippen LogP contribution in [0.4, 0.5) is 0 Å². The van der Waals surface area contributed by atoms with E-state index in [9.17, 15) is 55.2 Å². The van der Waals surface area contributed by atoms with Crippen LogP contribution in [-0.2, 0) is 36.8 Å². The summed E-state index contributed by atoms with van der Waals surface area (Å²) in [6, 6.07) is 75.5. The predicted octanol–water partition coefficient (Wildman–Crippen LogP) is 26.4. The van der Waals surface area contributed by atoms with Gasteiger partial charge in [-0.2, -0.15) is 26.3 Å². The highest BCUT2D eigenvalue weighted by Gasteiger charge is 2.30. The number of fused-ring (bicyclic) bond motifs is 9. The average Bonchev–Trinajstić information content (AvgIpc) is 1.70. The van der Waals surface area contributed by atoms with Crippen molar-refractivity contribution in [1.82, 2.24) is 24.9 Å². The van der Waals surface area contributed by atoms with Crippen LogP contribution in [0, 0.1) is 68.0 Å². The highest BCUT2D eigenvalue weighted by molar-refractivity contribution is 7.21. The molecule has 0 saturated heterocycles. The zero-order valence-electron chi connectivity index (χ0n) is 72.0. The molecule has 0 amide bonds. The highest BCUT2D eigenvalue weighted by atomic mass is 32.1. The van der Waals surface area contributed by atoms with Crippen LogP contribution in [-0.4, -0.2) is 80.3 Å². The fraction of sp³-hybridized carbons (Fsp3) is 0.150. The number of carbonyl (C=O) groups is 5. The molecule has 0 bridgehead atoms. The zero-order chi connectivity index (χ0) is 93.2. The number of carboxylic acid groups (broad SMARTS) is 5. The first kappa shape index (κ1) is 91.1. The first-order chi connectivity index (χ1) is 63.7. The number of pyridine rings is 5. The van der Waals surface area contributed by atoms with E-state index in [1.807, 2.05) is 252 Å². The van der Waals surface area contributed by atoms with E-state index in [4.69, 9.17) is 20.6 Å². The van der Waals surface area contributed by atoms with Crippen molar-refractivity contribution in [3.63, 3.8) is 0 Å². The molecule has 4 atom stereocenters. The van der Waals surface area contributed by atoms with Crippen LogP contribution in [0.2, 0.25) is 0 Å². The van der Waals surface area contributed by atoms with Gasteiger partial charge in [-0.15, -0.1) is 56.7 Å². The Bertz CT molecular complexity index is 7800. The van der Waals surface area contributed by atoms with Crippen LogP contribution < -0.4 is 0 Å². The summed E-state index contributed by atoms with van der Waals surface area (Å²) >= 11 is 8.02. The SMILES string of the molecule is CC(C)(Cc1cc2c(-c3ccc(C#N)c4ccccc34)cncc2s1)C(=O)O.CC(CC(=O)O)c1cc2c(-c3ccc(C#N)c4ccccc34)cncc2s1.CC(CC(=O)O)c1cc2cncc(-c3ccc(C#N)c4ccccc34)c2s1.CC(CC(=O)O)c1cc2cncc(-c3ccc(C#N)cc3)c2s1.CC(Cc1cc2cncc(-c3ccc(C#N)c4ccccc34)c2s1)C(=O)O. The molecule has 5 N–H and O–H groups in total. The van der Waals surface area contributed by atoms with Crippen LogP contribution in [0.3, 0.4) is 0 Å². The van der Waals surface area contributed by atoms with E-state index in [-0.39, 0.29) is 37.0 Å². The van der Waals surface area contributed by atoms with Crippen molar-refractivity contribution in [1.29, 1.82) is 26.3 Å². The maximum atomic E-state index is 11.5. The number of rotatable bonds is 20. The van der Waals surface area contributed by atoms with Crippen molar-refractivity contribution in [2.75, 3.05) is 0 Å². The van der Waals surface area contributed by atoms with Crippen LogP contribution in [0.15, 0.2) is 262 Å². The van der Waals surface area contributed by atoms with Crippen LogP contribution in [0.5, 0.6) is 0 Å². The van der Waals surface area contributed by atoms with Crippen LogP contribution >= 0.6 is 56.7 Å². The van der Waals surface area contributed by atoms with Crippen molar-refractivity contribution in [2.24, 2.45) is 11.3 Å². The Labute approximate surface area is 778 Å². The number of hydrogen-bond acceptors (Lipinski definition) is 20. The van der Waals surface area contributed by atoms with E-state index in [1.54, 1.807) is 95.8 Å². The number of nitriles is 5. The minimum Gasteiger partial charge on any atom is -0.481 e.